The molecule has 8 heteroatoms. The molecule has 4 nitrogen and oxygen atoms in total. The molecule has 2 aliphatic rings. The van der Waals surface area contributed by atoms with E-state index >= 15 is 0 Å². The van der Waals surface area contributed by atoms with Crippen LogP contribution >= 0.6 is 22.6 Å². The average Bonchev–Trinajstić information content (AvgIpc) is 3.27. The lowest BCUT2D eigenvalue weighted by molar-refractivity contribution is -0.219. The minimum Gasteiger partial charge on any atom is -0.469 e. The summed E-state index contributed by atoms with van der Waals surface area (Å²) in [5.74, 6) is 0.100. The number of unbranched alkanes of at least 4 members (excludes halogenated alkanes) is 1. The van der Waals surface area contributed by atoms with Crippen LogP contribution in [0.15, 0.2) is 12.2 Å². The molecule has 1 aliphatic heterocycles. The van der Waals surface area contributed by atoms with Crippen LogP contribution < -0.4 is 0 Å². The van der Waals surface area contributed by atoms with Crippen molar-refractivity contribution in [3.8, 4) is 0 Å². The van der Waals surface area contributed by atoms with Crippen molar-refractivity contribution in [2.24, 2.45) is 17.3 Å². The van der Waals surface area contributed by atoms with Gasteiger partial charge in [0, 0.05) is 6.42 Å². The zero-order valence-corrected chi connectivity index (χ0v) is 20.9. The quantitative estimate of drug-likeness (QED) is 0.139. The topological polar surface area (TPSA) is 55.8 Å². The first kappa shape index (κ1) is 26.9. The van der Waals surface area contributed by atoms with Gasteiger partial charge in [-0.05, 0) is 79.4 Å². The van der Waals surface area contributed by atoms with Gasteiger partial charge >= 0.3 is 12.1 Å². The molecule has 1 aliphatic carbocycles. The van der Waals surface area contributed by atoms with E-state index in [4.69, 9.17) is 4.74 Å². The Hall–Kier alpha value is -0.350. The molecule has 0 aromatic carbocycles. The number of methoxy groups -OCH3 is 1. The van der Waals surface area contributed by atoms with Crippen LogP contribution in [0.4, 0.5) is 13.2 Å². The fourth-order valence-corrected chi connectivity index (χ4v) is 5.55. The maximum atomic E-state index is 13.6. The Kier molecular flexibility index (Phi) is 9.70. The Labute approximate surface area is 197 Å². The van der Waals surface area contributed by atoms with Crippen molar-refractivity contribution >= 4 is 28.6 Å². The van der Waals surface area contributed by atoms with E-state index in [1.807, 2.05) is 35.6 Å². The van der Waals surface area contributed by atoms with E-state index in [2.05, 4.69) is 4.74 Å². The molecule has 0 radical (unpaired) electrons. The van der Waals surface area contributed by atoms with Gasteiger partial charge in [0.05, 0.1) is 24.7 Å². The SMILES string of the molecule is CCCC[C@](C)(CC=C[C@H]1CC[C@@H]2O[C@@H]([C@](O)(I)CCCC(=O)OC)C[C@@H]21)C(F)(F)F. The number of fused-ring (bicyclic) bond motifs is 1. The molecule has 1 heterocycles. The summed E-state index contributed by atoms with van der Waals surface area (Å²) in [5.41, 5.74) is -1.69. The number of alkyl halides is 4. The van der Waals surface area contributed by atoms with Crippen molar-refractivity contribution in [2.45, 2.75) is 100 Å². The van der Waals surface area contributed by atoms with Gasteiger partial charge in [-0.15, -0.1) is 0 Å². The summed E-state index contributed by atoms with van der Waals surface area (Å²) < 4.78 is 50.5. The number of halogens is 4. The summed E-state index contributed by atoms with van der Waals surface area (Å²) in [6, 6.07) is 0. The highest BCUT2D eigenvalue weighted by Crippen LogP contribution is 2.49. The van der Waals surface area contributed by atoms with Crippen LogP contribution in [0, 0.1) is 17.3 Å². The van der Waals surface area contributed by atoms with Gasteiger partial charge in [-0.1, -0.05) is 38.8 Å². The van der Waals surface area contributed by atoms with E-state index in [1.54, 1.807) is 6.08 Å². The number of carbonyl (C=O) groups is 1. The highest BCUT2D eigenvalue weighted by atomic mass is 127. The Balaban J connectivity index is 1.92. The predicted molar refractivity (Wildman–Crippen MR) is 122 cm³/mol. The summed E-state index contributed by atoms with van der Waals surface area (Å²) in [6.45, 7) is 3.23. The van der Waals surface area contributed by atoms with E-state index < -0.39 is 15.2 Å². The Morgan fingerprint density at radius 1 is 1.26 bits per heavy atom. The first-order valence-corrected chi connectivity index (χ1v) is 12.4. The molecule has 0 bridgehead atoms. The second-order valence-corrected chi connectivity index (χ2v) is 11.2. The fraction of sp³-hybridized carbons (Fsp3) is 0.870. The largest absolute Gasteiger partial charge is 0.469 e. The molecule has 0 spiro atoms. The third-order valence-corrected chi connectivity index (χ3v) is 8.22. The molecule has 1 saturated carbocycles. The van der Waals surface area contributed by atoms with Crippen molar-refractivity contribution in [1.29, 1.82) is 0 Å². The second kappa shape index (κ2) is 11.2. The van der Waals surface area contributed by atoms with Crippen LogP contribution in [0.2, 0.25) is 0 Å². The van der Waals surface area contributed by atoms with Crippen LogP contribution in [-0.4, -0.2) is 40.2 Å². The predicted octanol–water partition coefficient (Wildman–Crippen LogP) is 6.34. The maximum absolute atomic E-state index is 13.6. The van der Waals surface area contributed by atoms with Crippen molar-refractivity contribution in [1.82, 2.24) is 0 Å². The first-order chi connectivity index (χ1) is 14.4. The molecular formula is C23H36F3IO4. The molecule has 0 aromatic rings. The van der Waals surface area contributed by atoms with Crippen LogP contribution in [-0.2, 0) is 14.3 Å². The number of aliphatic hydroxyl groups is 1. The van der Waals surface area contributed by atoms with Gasteiger partial charge in [-0.2, -0.15) is 13.2 Å². The zero-order chi connectivity index (χ0) is 23.3. The molecule has 1 N–H and O–H groups in total. The Morgan fingerprint density at radius 2 is 1.97 bits per heavy atom. The standard InChI is InChI=1S/C23H36F3IO4/c1-4-5-12-21(2,23(24,25)26)13-6-8-16-10-11-18-17(16)15-19(31-18)22(27,29)14-7-9-20(28)30-3/h6,8,16-19,29H,4-5,7,9-15H2,1-3H3/t16-,17+,18-,19+,21+,22-/m0/s1. The molecular weight excluding hydrogens is 524 g/mol. The molecule has 1 saturated heterocycles. The van der Waals surface area contributed by atoms with Gasteiger partial charge in [0.15, 0.2) is 0 Å². The molecule has 6 atom stereocenters. The van der Waals surface area contributed by atoms with Crippen LogP contribution in [0.5, 0.6) is 0 Å². The van der Waals surface area contributed by atoms with Gasteiger partial charge in [-0.25, -0.2) is 0 Å². The van der Waals surface area contributed by atoms with Gasteiger partial charge < -0.3 is 14.6 Å². The molecule has 0 unspecified atom stereocenters. The van der Waals surface area contributed by atoms with E-state index in [9.17, 15) is 23.1 Å². The lowest BCUT2D eigenvalue weighted by atomic mass is 9.80. The Bertz CT molecular complexity index is 622. The normalized spacial score (nSPS) is 30.2. The number of esters is 1. The molecule has 180 valence electrons. The third-order valence-electron chi connectivity index (χ3n) is 6.98. The number of carbonyl (C=O) groups excluding carboxylic acids is 1. The summed E-state index contributed by atoms with van der Waals surface area (Å²) in [6.07, 6.45) is 4.26. The molecule has 2 rings (SSSR count). The van der Waals surface area contributed by atoms with E-state index in [0.717, 1.165) is 19.3 Å². The zero-order valence-electron chi connectivity index (χ0n) is 18.7. The van der Waals surface area contributed by atoms with Crippen LogP contribution in [0.1, 0.15) is 78.1 Å². The smallest absolute Gasteiger partial charge is 0.394 e. The lowest BCUT2D eigenvalue weighted by Crippen LogP contribution is -2.36. The van der Waals surface area contributed by atoms with E-state index in [-0.39, 0.29) is 49.3 Å². The van der Waals surface area contributed by atoms with Gasteiger partial charge in [0.2, 0.25) is 0 Å². The van der Waals surface area contributed by atoms with Gasteiger partial charge in [-0.3, -0.25) is 4.79 Å². The number of hydrogen-bond donors (Lipinski definition) is 1. The summed E-state index contributed by atoms with van der Waals surface area (Å²) in [4.78, 5) is 11.3. The molecule has 31 heavy (non-hydrogen) atoms. The van der Waals surface area contributed by atoms with Crippen molar-refractivity contribution in [2.75, 3.05) is 7.11 Å². The van der Waals surface area contributed by atoms with Crippen molar-refractivity contribution in [3.05, 3.63) is 12.2 Å². The number of rotatable bonds is 11. The minimum atomic E-state index is -4.21. The fourth-order valence-electron chi connectivity index (χ4n) is 4.77. The minimum absolute atomic E-state index is 0.00156. The summed E-state index contributed by atoms with van der Waals surface area (Å²) in [5, 5.41) is 10.9. The highest BCUT2D eigenvalue weighted by molar-refractivity contribution is 14.1. The third kappa shape index (κ3) is 7.06. The first-order valence-electron chi connectivity index (χ1n) is 11.3. The molecule has 0 aromatic heterocycles. The summed E-state index contributed by atoms with van der Waals surface area (Å²) in [7, 11) is 1.34. The lowest BCUT2D eigenvalue weighted by Gasteiger charge is -2.31. The average molecular weight is 560 g/mol. The molecule has 2 fully saturated rings. The number of ether oxygens (including phenoxy) is 2. The highest BCUT2D eigenvalue weighted by Gasteiger charge is 2.51. The number of hydrogen-bond acceptors (Lipinski definition) is 4. The van der Waals surface area contributed by atoms with Crippen molar-refractivity contribution in [3.63, 3.8) is 0 Å². The maximum Gasteiger partial charge on any atom is 0.394 e. The van der Waals surface area contributed by atoms with Gasteiger partial charge in [0.1, 0.15) is 3.61 Å². The van der Waals surface area contributed by atoms with Gasteiger partial charge in [0.25, 0.3) is 0 Å². The second-order valence-electron chi connectivity index (χ2n) is 9.35. The van der Waals surface area contributed by atoms with Crippen molar-refractivity contribution < 1.29 is 32.5 Å². The monoisotopic (exact) mass is 560 g/mol. The van der Waals surface area contributed by atoms with Crippen LogP contribution in [0.3, 0.4) is 0 Å². The number of allylic oxidation sites excluding steroid dienone is 2. The van der Waals surface area contributed by atoms with Crippen LogP contribution in [0.25, 0.3) is 0 Å². The molecule has 0 amide bonds. The summed E-state index contributed by atoms with van der Waals surface area (Å²) >= 11 is 2.00. The Morgan fingerprint density at radius 3 is 2.58 bits per heavy atom. The van der Waals surface area contributed by atoms with E-state index in [0.29, 0.717) is 25.7 Å². The van der Waals surface area contributed by atoms with E-state index in [1.165, 1.54) is 14.0 Å².